The van der Waals surface area contributed by atoms with Crippen LogP contribution in [0.3, 0.4) is 0 Å². The van der Waals surface area contributed by atoms with E-state index in [0.717, 1.165) is 6.42 Å². The lowest BCUT2D eigenvalue weighted by Gasteiger charge is -2.34. The van der Waals surface area contributed by atoms with Gasteiger partial charge in [-0.2, -0.15) is 5.10 Å². The Morgan fingerprint density at radius 3 is 2.59 bits per heavy atom. The molecule has 0 bridgehead atoms. The van der Waals surface area contributed by atoms with Crippen molar-refractivity contribution in [3.05, 3.63) is 11.9 Å². The molecule has 0 unspecified atom stereocenters. The number of aromatic nitrogens is 2. The van der Waals surface area contributed by atoms with Gasteiger partial charge in [0, 0.05) is 19.1 Å². The summed E-state index contributed by atoms with van der Waals surface area (Å²) < 4.78 is 1.64. The van der Waals surface area contributed by atoms with Crippen molar-refractivity contribution in [3.8, 4) is 0 Å². The molecule has 17 heavy (non-hydrogen) atoms. The van der Waals surface area contributed by atoms with Gasteiger partial charge in [0.2, 0.25) is 0 Å². The van der Waals surface area contributed by atoms with Gasteiger partial charge in [-0.05, 0) is 27.2 Å². The topological polar surface area (TPSA) is 64.2 Å². The van der Waals surface area contributed by atoms with Crippen molar-refractivity contribution in [1.82, 2.24) is 14.7 Å². The summed E-state index contributed by atoms with van der Waals surface area (Å²) >= 11 is 0. The Morgan fingerprint density at radius 2 is 2.12 bits per heavy atom. The second-order valence-corrected chi connectivity index (χ2v) is 4.79. The number of hydrogen-bond donors (Lipinski definition) is 1. The summed E-state index contributed by atoms with van der Waals surface area (Å²) in [7, 11) is 1.80. The SMILES string of the molecule is CCn1ncc(N)c1C(=O)N(C)C(C)(C)CC. The molecule has 0 atom stereocenters. The van der Waals surface area contributed by atoms with E-state index in [2.05, 4.69) is 12.0 Å². The summed E-state index contributed by atoms with van der Waals surface area (Å²) in [6.07, 6.45) is 2.42. The first kappa shape index (κ1) is 13.5. The van der Waals surface area contributed by atoms with Crippen LogP contribution in [0.25, 0.3) is 0 Å². The fourth-order valence-electron chi connectivity index (χ4n) is 1.54. The molecule has 0 fully saturated rings. The van der Waals surface area contributed by atoms with Crippen LogP contribution in [0, 0.1) is 0 Å². The van der Waals surface area contributed by atoms with Crippen molar-refractivity contribution in [2.24, 2.45) is 0 Å². The van der Waals surface area contributed by atoms with E-state index in [1.807, 2.05) is 20.8 Å². The largest absolute Gasteiger partial charge is 0.396 e. The molecule has 5 nitrogen and oxygen atoms in total. The number of aryl methyl sites for hydroxylation is 1. The standard InChI is InChI=1S/C12H22N4O/c1-6-12(3,4)15(5)11(17)10-9(13)8-14-16(10)7-2/h8H,6-7,13H2,1-5H3. The van der Waals surface area contributed by atoms with E-state index in [0.29, 0.717) is 17.9 Å². The zero-order valence-corrected chi connectivity index (χ0v) is 11.3. The Kier molecular flexibility index (Phi) is 3.80. The Bertz CT molecular complexity index is 409. The number of hydrogen-bond acceptors (Lipinski definition) is 3. The smallest absolute Gasteiger partial charge is 0.274 e. The Labute approximate surface area is 103 Å². The highest BCUT2D eigenvalue weighted by Gasteiger charge is 2.29. The van der Waals surface area contributed by atoms with E-state index in [9.17, 15) is 4.79 Å². The van der Waals surface area contributed by atoms with Crippen LogP contribution in [0.5, 0.6) is 0 Å². The second kappa shape index (κ2) is 4.77. The van der Waals surface area contributed by atoms with Crippen LogP contribution in [0.2, 0.25) is 0 Å². The monoisotopic (exact) mass is 238 g/mol. The highest BCUT2D eigenvalue weighted by Crippen LogP contribution is 2.21. The number of nitrogens with two attached hydrogens (primary N) is 1. The van der Waals surface area contributed by atoms with Crippen LogP contribution < -0.4 is 5.73 Å². The van der Waals surface area contributed by atoms with Gasteiger partial charge in [0.1, 0.15) is 5.69 Å². The quantitative estimate of drug-likeness (QED) is 0.869. The molecule has 2 N–H and O–H groups in total. The summed E-state index contributed by atoms with van der Waals surface area (Å²) in [4.78, 5) is 14.1. The molecule has 1 aromatic heterocycles. The van der Waals surface area contributed by atoms with Gasteiger partial charge in [-0.3, -0.25) is 9.48 Å². The third-order valence-electron chi connectivity index (χ3n) is 3.45. The molecule has 0 aliphatic rings. The predicted molar refractivity (Wildman–Crippen MR) is 68.8 cm³/mol. The molecule has 5 heteroatoms. The van der Waals surface area contributed by atoms with E-state index in [-0.39, 0.29) is 11.4 Å². The average Bonchev–Trinajstić information content (AvgIpc) is 2.68. The van der Waals surface area contributed by atoms with Gasteiger partial charge >= 0.3 is 0 Å². The van der Waals surface area contributed by atoms with Gasteiger partial charge in [-0.25, -0.2) is 0 Å². The van der Waals surface area contributed by atoms with E-state index < -0.39 is 0 Å². The zero-order valence-electron chi connectivity index (χ0n) is 11.3. The van der Waals surface area contributed by atoms with Crippen molar-refractivity contribution >= 4 is 11.6 Å². The minimum Gasteiger partial charge on any atom is -0.396 e. The average molecular weight is 238 g/mol. The molecule has 0 radical (unpaired) electrons. The van der Waals surface area contributed by atoms with Gasteiger partial charge in [0.05, 0.1) is 11.9 Å². The lowest BCUT2D eigenvalue weighted by atomic mass is 9.99. The maximum absolute atomic E-state index is 12.4. The second-order valence-electron chi connectivity index (χ2n) is 4.79. The number of amides is 1. The Morgan fingerprint density at radius 1 is 1.53 bits per heavy atom. The van der Waals surface area contributed by atoms with Gasteiger partial charge < -0.3 is 10.6 Å². The van der Waals surface area contributed by atoms with Gasteiger partial charge in [0.15, 0.2) is 0 Å². The number of nitrogens with zero attached hydrogens (tertiary/aromatic N) is 3. The molecular weight excluding hydrogens is 216 g/mol. The minimum atomic E-state index is -0.188. The van der Waals surface area contributed by atoms with Crippen LogP contribution in [-0.4, -0.2) is 33.2 Å². The van der Waals surface area contributed by atoms with E-state index in [1.54, 1.807) is 16.6 Å². The third kappa shape index (κ3) is 2.43. The molecule has 0 aliphatic heterocycles. The summed E-state index contributed by atoms with van der Waals surface area (Å²) in [5.74, 6) is -0.0753. The molecule has 0 aromatic carbocycles. The zero-order chi connectivity index (χ0) is 13.2. The number of anilines is 1. The number of carbonyl (C=O) groups is 1. The Balaban J connectivity index is 3.08. The number of carbonyl (C=O) groups excluding carboxylic acids is 1. The number of rotatable bonds is 4. The van der Waals surface area contributed by atoms with Crippen LogP contribution in [0.1, 0.15) is 44.6 Å². The minimum absolute atomic E-state index is 0.0753. The fraction of sp³-hybridized carbons (Fsp3) is 0.667. The van der Waals surface area contributed by atoms with Gasteiger partial charge in [-0.15, -0.1) is 0 Å². The number of nitrogen functional groups attached to an aromatic ring is 1. The molecule has 96 valence electrons. The highest BCUT2D eigenvalue weighted by atomic mass is 16.2. The van der Waals surface area contributed by atoms with E-state index in [1.165, 1.54) is 6.20 Å². The predicted octanol–water partition coefficient (Wildman–Crippen LogP) is 1.75. The highest BCUT2D eigenvalue weighted by molar-refractivity contribution is 5.97. The molecule has 1 aromatic rings. The molecule has 1 amide bonds. The van der Waals surface area contributed by atoms with Crippen molar-refractivity contribution in [3.63, 3.8) is 0 Å². The molecule has 0 saturated heterocycles. The summed E-state index contributed by atoms with van der Waals surface area (Å²) in [6.45, 7) is 8.71. The third-order valence-corrected chi connectivity index (χ3v) is 3.45. The fourth-order valence-corrected chi connectivity index (χ4v) is 1.54. The molecular formula is C12H22N4O. The van der Waals surface area contributed by atoms with Crippen LogP contribution in [0.4, 0.5) is 5.69 Å². The maximum atomic E-state index is 12.4. The Hall–Kier alpha value is -1.52. The lowest BCUT2D eigenvalue weighted by molar-refractivity contribution is 0.0608. The molecule has 0 aliphatic carbocycles. The lowest BCUT2D eigenvalue weighted by Crippen LogP contribution is -2.45. The van der Waals surface area contributed by atoms with Crippen molar-refractivity contribution in [1.29, 1.82) is 0 Å². The van der Waals surface area contributed by atoms with Crippen LogP contribution in [-0.2, 0) is 6.54 Å². The first-order valence-electron chi connectivity index (χ1n) is 5.94. The van der Waals surface area contributed by atoms with Crippen LogP contribution in [0.15, 0.2) is 6.20 Å². The van der Waals surface area contributed by atoms with Gasteiger partial charge in [0.25, 0.3) is 5.91 Å². The van der Waals surface area contributed by atoms with Crippen LogP contribution >= 0.6 is 0 Å². The molecule has 1 rings (SSSR count). The summed E-state index contributed by atoms with van der Waals surface area (Å²) in [5.41, 5.74) is 6.54. The van der Waals surface area contributed by atoms with Gasteiger partial charge in [-0.1, -0.05) is 6.92 Å². The van der Waals surface area contributed by atoms with E-state index in [4.69, 9.17) is 5.73 Å². The first-order valence-corrected chi connectivity index (χ1v) is 5.94. The maximum Gasteiger partial charge on any atom is 0.274 e. The van der Waals surface area contributed by atoms with Crippen molar-refractivity contribution in [2.45, 2.75) is 46.2 Å². The summed E-state index contributed by atoms with van der Waals surface area (Å²) in [5, 5.41) is 4.09. The van der Waals surface area contributed by atoms with Crippen molar-refractivity contribution in [2.75, 3.05) is 12.8 Å². The van der Waals surface area contributed by atoms with E-state index >= 15 is 0 Å². The molecule has 0 spiro atoms. The molecule has 1 heterocycles. The molecule has 0 saturated carbocycles. The first-order chi connectivity index (χ1) is 7.85. The summed E-state index contributed by atoms with van der Waals surface area (Å²) in [6, 6.07) is 0. The van der Waals surface area contributed by atoms with Crippen molar-refractivity contribution < 1.29 is 4.79 Å². The normalized spacial score (nSPS) is 11.6.